The highest BCUT2D eigenvalue weighted by atomic mass is 35.5. The molecule has 0 bridgehead atoms. The summed E-state index contributed by atoms with van der Waals surface area (Å²) in [5.74, 6) is 0.259. The standard InChI is InChI=1S/C15H10ClFN2O/c1-8-6-9(2-4-12(8)17)15-18-13-5-3-10(20)7-11(13)14(16)19-15/h2-7,20H,1H3. The fourth-order valence-electron chi connectivity index (χ4n) is 1.99. The molecule has 0 aliphatic rings. The van der Waals surface area contributed by atoms with Crippen molar-refractivity contribution in [1.29, 1.82) is 0 Å². The van der Waals surface area contributed by atoms with Crippen LogP contribution in [0.3, 0.4) is 0 Å². The number of phenolic OH excluding ortho intramolecular Hbond substituents is 1. The predicted octanol–water partition coefficient (Wildman–Crippen LogP) is 4.10. The minimum Gasteiger partial charge on any atom is -0.508 e. The van der Waals surface area contributed by atoms with Crippen molar-refractivity contribution >= 4 is 22.5 Å². The summed E-state index contributed by atoms with van der Waals surface area (Å²) in [6.45, 7) is 1.68. The van der Waals surface area contributed by atoms with E-state index in [4.69, 9.17) is 11.6 Å². The molecule has 0 saturated carbocycles. The zero-order chi connectivity index (χ0) is 14.3. The van der Waals surface area contributed by atoms with Gasteiger partial charge in [0.25, 0.3) is 0 Å². The molecule has 1 aromatic heterocycles. The Hall–Kier alpha value is -2.20. The van der Waals surface area contributed by atoms with Crippen LogP contribution in [0.15, 0.2) is 36.4 Å². The highest BCUT2D eigenvalue weighted by Gasteiger charge is 2.10. The second kappa shape index (κ2) is 4.72. The fraction of sp³-hybridized carbons (Fsp3) is 0.0667. The molecule has 3 rings (SSSR count). The summed E-state index contributed by atoms with van der Waals surface area (Å²) in [6.07, 6.45) is 0. The second-order valence-electron chi connectivity index (χ2n) is 4.50. The Morgan fingerprint density at radius 1 is 1.10 bits per heavy atom. The van der Waals surface area contributed by atoms with E-state index in [9.17, 15) is 9.50 Å². The maximum Gasteiger partial charge on any atom is 0.161 e. The average molecular weight is 289 g/mol. The van der Waals surface area contributed by atoms with Gasteiger partial charge < -0.3 is 5.11 Å². The molecule has 3 nitrogen and oxygen atoms in total. The third kappa shape index (κ3) is 2.18. The first-order valence-electron chi connectivity index (χ1n) is 5.97. The number of aryl methyl sites for hydroxylation is 1. The molecular weight excluding hydrogens is 279 g/mol. The largest absolute Gasteiger partial charge is 0.508 e. The second-order valence-corrected chi connectivity index (χ2v) is 4.86. The molecule has 0 spiro atoms. The minimum atomic E-state index is -0.273. The number of benzene rings is 2. The lowest BCUT2D eigenvalue weighted by molar-refractivity contribution is 0.476. The van der Waals surface area contributed by atoms with Crippen LogP contribution >= 0.6 is 11.6 Å². The van der Waals surface area contributed by atoms with Gasteiger partial charge >= 0.3 is 0 Å². The van der Waals surface area contributed by atoms with Crippen LogP contribution in [-0.4, -0.2) is 15.1 Å². The van der Waals surface area contributed by atoms with Crippen LogP contribution in [-0.2, 0) is 0 Å². The Bertz CT molecular complexity index is 820. The van der Waals surface area contributed by atoms with E-state index < -0.39 is 0 Å². The van der Waals surface area contributed by atoms with E-state index >= 15 is 0 Å². The van der Waals surface area contributed by atoms with Crippen LogP contribution in [0, 0.1) is 12.7 Å². The molecule has 5 heteroatoms. The molecule has 0 fully saturated rings. The van der Waals surface area contributed by atoms with Crippen molar-refractivity contribution in [1.82, 2.24) is 9.97 Å². The molecule has 0 atom stereocenters. The number of rotatable bonds is 1. The summed E-state index contributed by atoms with van der Waals surface area (Å²) < 4.78 is 13.3. The first-order chi connectivity index (χ1) is 9.54. The predicted molar refractivity (Wildman–Crippen MR) is 76.3 cm³/mol. The van der Waals surface area contributed by atoms with E-state index in [-0.39, 0.29) is 16.7 Å². The van der Waals surface area contributed by atoms with E-state index in [0.29, 0.717) is 27.9 Å². The number of hydrogen-bond acceptors (Lipinski definition) is 3. The molecule has 2 aromatic carbocycles. The molecule has 1 heterocycles. The van der Waals surface area contributed by atoms with Gasteiger partial charge in [-0.3, -0.25) is 0 Å². The molecule has 100 valence electrons. The highest BCUT2D eigenvalue weighted by Crippen LogP contribution is 2.28. The molecule has 20 heavy (non-hydrogen) atoms. The zero-order valence-electron chi connectivity index (χ0n) is 10.6. The molecule has 1 N–H and O–H groups in total. The third-order valence-electron chi connectivity index (χ3n) is 3.05. The van der Waals surface area contributed by atoms with Crippen molar-refractivity contribution in [3.8, 4) is 17.1 Å². The van der Waals surface area contributed by atoms with E-state index in [2.05, 4.69) is 9.97 Å². The van der Waals surface area contributed by atoms with Crippen LogP contribution in [0.5, 0.6) is 5.75 Å². The molecular formula is C15H10ClFN2O. The molecule has 0 aliphatic heterocycles. The summed E-state index contributed by atoms with van der Waals surface area (Å²) in [5, 5.41) is 10.3. The van der Waals surface area contributed by atoms with Gasteiger partial charge in [-0.05, 0) is 48.9 Å². The number of fused-ring (bicyclic) bond motifs is 1. The van der Waals surface area contributed by atoms with Crippen molar-refractivity contribution in [3.63, 3.8) is 0 Å². The quantitative estimate of drug-likeness (QED) is 0.686. The number of aromatic nitrogens is 2. The van der Waals surface area contributed by atoms with Crippen LogP contribution in [0.25, 0.3) is 22.3 Å². The van der Waals surface area contributed by atoms with Crippen LogP contribution in [0.1, 0.15) is 5.56 Å². The fourth-order valence-corrected chi connectivity index (χ4v) is 2.22. The summed E-state index contributed by atoms with van der Waals surface area (Å²) in [6, 6.07) is 9.37. The number of hydrogen-bond donors (Lipinski definition) is 1. The van der Waals surface area contributed by atoms with Crippen molar-refractivity contribution < 1.29 is 9.50 Å². The normalized spacial score (nSPS) is 10.9. The Kier molecular flexibility index (Phi) is 3.03. The average Bonchev–Trinajstić information content (AvgIpc) is 2.42. The molecule has 0 aliphatic carbocycles. The summed E-state index contributed by atoms with van der Waals surface area (Å²) >= 11 is 6.12. The lowest BCUT2D eigenvalue weighted by Gasteiger charge is -2.06. The first-order valence-corrected chi connectivity index (χ1v) is 6.35. The molecule has 3 aromatic rings. The lowest BCUT2D eigenvalue weighted by atomic mass is 10.1. The summed E-state index contributed by atoms with van der Waals surface area (Å²) in [5.41, 5.74) is 1.84. The Morgan fingerprint density at radius 3 is 2.65 bits per heavy atom. The topological polar surface area (TPSA) is 46.0 Å². The van der Waals surface area contributed by atoms with Crippen LogP contribution in [0.2, 0.25) is 5.15 Å². The van der Waals surface area contributed by atoms with Crippen molar-refractivity contribution in [2.24, 2.45) is 0 Å². The van der Waals surface area contributed by atoms with Gasteiger partial charge in [-0.2, -0.15) is 0 Å². The zero-order valence-corrected chi connectivity index (χ0v) is 11.3. The number of phenols is 1. The molecule has 0 amide bonds. The van der Waals surface area contributed by atoms with Gasteiger partial charge in [-0.25, -0.2) is 14.4 Å². The van der Waals surface area contributed by atoms with Crippen molar-refractivity contribution in [2.45, 2.75) is 6.92 Å². The SMILES string of the molecule is Cc1cc(-c2nc(Cl)c3cc(O)ccc3n2)ccc1F. The highest BCUT2D eigenvalue weighted by molar-refractivity contribution is 6.34. The van der Waals surface area contributed by atoms with Gasteiger partial charge in [0.2, 0.25) is 0 Å². The van der Waals surface area contributed by atoms with Crippen molar-refractivity contribution in [2.75, 3.05) is 0 Å². The number of aromatic hydroxyl groups is 1. The molecule has 0 radical (unpaired) electrons. The van der Waals surface area contributed by atoms with Gasteiger partial charge in [0.1, 0.15) is 16.7 Å². The first kappa shape index (κ1) is 12.8. The van der Waals surface area contributed by atoms with E-state index in [1.165, 1.54) is 18.2 Å². The maximum atomic E-state index is 13.3. The Balaban J connectivity index is 2.21. The summed E-state index contributed by atoms with van der Waals surface area (Å²) in [7, 11) is 0. The van der Waals surface area contributed by atoms with Crippen molar-refractivity contribution in [3.05, 3.63) is 52.9 Å². The van der Waals surface area contributed by atoms with Crippen LogP contribution < -0.4 is 0 Å². The van der Waals surface area contributed by atoms with Gasteiger partial charge in [-0.1, -0.05) is 11.6 Å². The molecule has 0 unspecified atom stereocenters. The Morgan fingerprint density at radius 2 is 1.90 bits per heavy atom. The minimum absolute atomic E-state index is 0.105. The van der Waals surface area contributed by atoms with E-state index in [1.54, 1.807) is 25.1 Å². The van der Waals surface area contributed by atoms with Crippen LogP contribution in [0.4, 0.5) is 4.39 Å². The third-order valence-corrected chi connectivity index (χ3v) is 3.34. The number of nitrogens with zero attached hydrogens (tertiary/aromatic N) is 2. The smallest absolute Gasteiger partial charge is 0.161 e. The van der Waals surface area contributed by atoms with Gasteiger partial charge in [0, 0.05) is 10.9 Å². The Labute approximate surface area is 119 Å². The van der Waals surface area contributed by atoms with Gasteiger partial charge in [-0.15, -0.1) is 0 Å². The van der Waals surface area contributed by atoms with E-state index in [1.807, 2.05) is 0 Å². The molecule has 0 saturated heterocycles. The summed E-state index contributed by atoms with van der Waals surface area (Å²) in [4.78, 5) is 8.59. The number of halogens is 2. The van der Waals surface area contributed by atoms with Gasteiger partial charge in [0.15, 0.2) is 5.82 Å². The lowest BCUT2D eigenvalue weighted by Crippen LogP contribution is -1.93. The maximum absolute atomic E-state index is 13.3. The van der Waals surface area contributed by atoms with E-state index in [0.717, 1.165) is 0 Å². The monoisotopic (exact) mass is 288 g/mol. The van der Waals surface area contributed by atoms with Gasteiger partial charge in [0.05, 0.1) is 5.52 Å².